The number of hydrogen-bond donors (Lipinski definition) is 0. The van der Waals surface area contributed by atoms with Crippen molar-refractivity contribution in [1.82, 2.24) is 4.57 Å². The van der Waals surface area contributed by atoms with E-state index in [1.807, 2.05) is 0 Å². The van der Waals surface area contributed by atoms with E-state index in [9.17, 15) is 0 Å². The van der Waals surface area contributed by atoms with E-state index in [4.69, 9.17) is 0 Å². The van der Waals surface area contributed by atoms with Crippen molar-refractivity contribution in [2.75, 3.05) is 19.6 Å². The summed E-state index contributed by atoms with van der Waals surface area (Å²) < 4.78 is 2.44. The predicted molar refractivity (Wildman–Crippen MR) is 304 cm³/mol. The molecule has 0 radical (unpaired) electrons. The largest absolute Gasteiger partial charge is 0.311 e. The van der Waals surface area contributed by atoms with Crippen LogP contribution < -0.4 is 36.0 Å². The lowest BCUT2D eigenvalue weighted by atomic mass is 9.33. The van der Waals surface area contributed by atoms with Gasteiger partial charge in [0.1, 0.15) is 0 Å². The van der Waals surface area contributed by atoms with Crippen molar-refractivity contribution in [3.63, 3.8) is 0 Å². The summed E-state index contributed by atoms with van der Waals surface area (Å²) in [7, 11) is 0. The van der Waals surface area contributed by atoms with Crippen molar-refractivity contribution in [2.45, 2.75) is 0 Å². The Kier molecular flexibility index (Phi) is 9.88. The molecule has 6 heteroatoms. The summed E-state index contributed by atoms with van der Waals surface area (Å²) in [6, 6.07) is 102. The Hall–Kier alpha value is -9.52. The summed E-state index contributed by atoms with van der Waals surface area (Å²) >= 11 is 0. The second-order valence-electron chi connectivity index (χ2n) is 18.5. The third-order valence-electron chi connectivity index (χ3n) is 14.4. The van der Waals surface area contributed by atoms with Crippen LogP contribution in [0.2, 0.25) is 0 Å². The first-order chi connectivity index (χ1) is 35.8. The summed E-state index contributed by atoms with van der Waals surface area (Å²) in [6.45, 7) is -0.130. The van der Waals surface area contributed by atoms with Crippen molar-refractivity contribution >= 4 is 113 Å². The van der Waals surface area contributed by atoms with Gasteiger partial charge in [-0.15, -0.1) is 0 Å². The first-order valence-corrected chi connectivity index (χ1v) is 24.7. The zero-order valence-corrected chi connectivity index (χ0v) is 39.4. The zero-order chi connectivity index (χ0) is 47.5. The monoisotopic (exact) mass is 919 g/mol. The molecule has 0 atom stereocenters. The van der Waals surface area contributed by atoms with Crippen LogP contribution in [-0.2, 0) is 0 Å². The molecule has 0 spiro atoms. The molecular formula is C66H46BN5. The third-order valence-corrected chi connectivity index (χ3v) is 14.4. The highest BCUT2D eigenvalue weighted by Crippen LogP contribution is 2.50. The van der Waals surface area contributed by atoms with E-state index in [0.29, 0.717) is 0 Å². The van der Waals surface area contributed by atoms with Crippen LogP contribution in [-0.4, -0.2) is 11.3 Å². The maximum atomic E-state index is 2.53. The molecule has 2 aliphatic heterocycles. The van der Waals surface area contributed by atoms with Gasteiger partial charge in [-0.2, -0.15) is 0 Å². The van der Waals surface area contributed by atoms with E-state index in [1.54, 1.807) is 0 Å². The van der Waals surface area contributed by atoms with Gasteiger partial charge < -0.3 is 24.2 Å². The van der Waals surface area contributed by atoms with Crippen LogP contribution in [0.3, 0.4) is 0 Å². The fourth-order valence-corrected chi connectivity index (χ4v) is 11.5. The normalized spacial score (nSPS) is 12.4. The van der Waals surface area contributed by atoms with Crippen LogP contribution in [0.1, 0.15) is 0 Å². The van der Waals surface area contributed by atoms with Gasteiger partial charge in [-0.1, -0.05) is 158 Å². The average molecular weight is 920 g/mol. The summed E-state index contributed by atoms with van der Waals surface area (Å²) in [4.78, 5) is 9.84. The third kappa shape index (κ3) is 6.72. The molecule has 5 nitrogen and oxygen atoms in total. The van der Waals surface area contributed by atoms with Gasteiger partial charge in [0.25, 0.3) is 6.71 Å². The average Bonchev–Trinajstić information content (AvgIpc) is 3.77. The van der Waals surface area contributed by atoms with Crippen LogP contribution in [0.5, 0.6) is 0 Å². The van der Waals surface area contributed by atoms with Gasteiger partial charge in [-0.3, -0.25) is 0 Å². The number of rotatable bonds is 9. The maximum absolute atomic E-state index is 2.53. The second-order valence-corrected chi connectivity index (χ2v) is 18.5. The zero-order valence-electron chi connectivity index (χ0n) is 39.4. The molecule has 12 aromatic rings. The van der Waals surface area contributed by atoms with Crippen LogP contribution in [0.15, 0.2) is 279 Å². The first kappa shape index (κ1) is 41.5. The molecule has 1 aromatic heterocycles. The lowest BCUT2D eigenvalue weighted by Gasteiger charge is -2.45. The van der Waals surface area contributed by atoms with Gasteiger partial charge in [-0.05, 0) is 138 Å². The molecule has 0 aliphatic carbocycles. The topological polar surface area (TPSA) is 17.9 Å². The number of hydrogen-bond acceptors (Lipinski definition) is 4. The van der Waals surface area contributed by atoms with E-state index in [-0.39, 0.29) is 6.71 Å². The Labute approximate surface area is 420 Å². The Morgan fingerprint density at radius 3 is 1.17 bits per heavy atom. The molecule has 72 heavy (non-hydrogen) atoms. The molecule has 0 fully saturated rings. The fraction of sp³-hybridized carbons (Fsp3) is 0. The van der Waals surface area contributed by atoms with Gasteiger partial charge in [-0.25, -0.2) is 0 Å². The summed E-state index contributed by atoms with van der Waals surface area (Å²) in [6.07, 6.45) is 0. The first-order valence-electron chi connectivity index (χ1n) is 24.7. The number of para-hydroxylation sites is 8. The van der Waals surface area contributed by atoms with E-state index >= 15 is 0 Å². The quantitative estimate of drug-likeness (QED) is 0.134. The molecule has 11 aromatic carbocycles. The molecule has 3 heterocycles. The minimum atomic E-state index is -0.130. The molecule has 0 N–H and O–H groups in total. The van der Waals surface area contributed by atoms with Crippen LogP contribution >= 0.6 is 0 Å². The van der Waals surface area contributed by atoms with Crippen molar-refractivity contribution in [1.29, 1.82) is 0 Å². The summed E-state index contributed by atoms with van der Waals surface area (Å²) in [5.74, 6) is 0. The highest BCUT2D eigenvalue weighted by Gasteiger charge is 2.45. The number of aromatic nitrogens is 1. The Balaban J connectivity index is 1.12. The van der Waals surface area contributed by atoms with Crippen LogP contribution in [0.25, 0.3) is 27.5 Å². The van der Waals surface area contributed by atoms with Gasteiger partial charge >= 0.3 is 0 Å². The van der Waals surface area contributed by atoms with Crippen molar-refractivity contribution in [3.8, 4) is 5.69 Å². The van der Waals surface area contributed by atoms with Gasteiger partial charge in [0.2, 0.25) is 0 Å². The minimum Gasteiger partial charge on any atom is -0.311 e. The Morgan fingerprint density at radius 2 is 0.667 bits per heavy atom. The molecule has 14 rings (SSSR count). The van der Waals surface area contributed by atoms with Gasteiger partial charge in [0.05, 0.1) is 16.7 Å². The number of nitrogens with zero attached hydrogens (tertiary/aromatic N) is 5. The Bertz CT molecular complexity index is 3850. The number of anilines is 12. The SMILES string of the molecule is c1ccc(N(c2ccccc2)c2ccc3c(c2)N(c2ccccc2)c2cc(N(c4ccccc4)c4ccccc4)cc4c2B3c2cc3c5ccccc5n(-c5ccccc5)c3cc2N4c2ccccc2)cc1. The summed E-state index contributed by atoms with van der Waals surface area (Å²) in [5.41, 5.74) is 20.4. The van der Waals surface area contributed by atoms with E-state index < -0.39 is 0 Å². The molecule has 0 unspecified atom stereocenters. The predicted octanol–water partition coefficient (Wildman–Crippen LogP) is 15.8. The standard InChI is InChI=1S/C66H46BN5/c1-8-24-47(25-9-1)68(48-26-10-2-11-27-48)54-40-41-58-62(42-54)71(52-34-18-6-19-35-52)64-43-55(69(49-28-12-3-13-29-49)50-30-14-4-15-31-50)44-65-66(64)67(58)59-45-57-56-38-22-23-39-60(56)70(51-32-16-5-17-33-51)61(57)46-63(59)72(65)53-36-20-7-21-37-53/h1-46H. The van der Waals surface area contributed by atoms with Gasteiger partial charge in [0, 0.05) is 79.0 Å². The van der Waals surface area contributed by atoms with Gasteiger partial charge in [0.15, 0.2) is 0 Å². The van der Waals surface area contributed by atoms with E-state index in [1.165, 1.54) is 32.7 Å². The molecule has 0 saturated heterocycles. The highest BCUT2D eigenvalue weighted by molar-refractivity contribution is 7.00. The number of fused-ring (bicyclic) bond motifs is 7. The molecule has 338 valence electrons. The molecule has 0 saturated carbocycles. The smallest absolute Gasteiger partial charge is 0.252 e. The molecular weight excluding hydrogens is 874 g/mol. The van der Waals surface area contributed by atoms with Crippen molar-refractivity contribution < 1.29 is 0 Å². The fourth-order valence-electron chi connectivity index (χ4n) is 11.5. The maximum Gasteiger partial charge on any atom is 0.252 e. The molecule has 2 aliphatic rings. The molecule has 0 amide bonds. The lowest BCUT2D eigenvalue weighted by molar-refractivity contribution is 1.18. The highest BCUT2D eigenvalue weighted by atomic mass is 15.2. The number of benzene rings is 11. The van der Waals surface area contributed by atoms with Crippen LogP contribution in [0.4, 0.5) is 68.2 Å². The molecule has 0 bridgehead atoms. The van der Waals surface area contributed by atoms with Crippen molar-refractivity contribution in [3.05, 3.63) is 279 Å². The lowest BCUT2D eigenvalue weighted by Crippen LogP contribution is -2.61. The minimum absolute atomic E-state index is 0.130. The second kappa shape index (κ2) is 17.2. The summed E-state index contributed by atoms with van der Waals surface area (Å²) in [5, 5.41) is 2.46. The van der Waals surface area contributed by atoms with E-state index in [2.05, 4.69) is 303 Å². The van der Waals surface area contributed by atoms with Crippen LogP contribution in [0, 0.1) is 0 Å². The Morgan fingerprint density at radius 1 is 0.264 bits per heavy atom. The van der Waals surface area contributed by atoms with E-state index in [0.717, 1.165) is 79.5 Å². The van der Waals surface area contributed by atoms with Crippen molar-refractivity contribution in [2.24, 2.45) is 0 Å².